The molecule has 0 heterocycles. The molecule has 2 rings (SSSR count). The number of ether oxygens (including phenoxy) is 1. The van der Waals surface area contributed by atoms with Gasteiger partial charge in [0.25, 0.3) is 10.0 Å². The van der Waals surface area contributed by atoms with E-state index in [2.05, 4.69) is 0 Å². The summed E-state index contributed by atoms with van der Waals surface area (Å²) in [5.74, 6) is -0.930. The number of benzene rings is 2. The Labute approximate surface area is 151 Å². The van der Waals surface area contributed by atoms with Crippen molar-refractivity contribution in [1.82, 2.24) is 0 Å². The van der Waals surface area contributed by atoms with Crippen LogP contribution in [0.15, 0.2) is 41.3 Å². The van der Waals surface area contributed by atoms with Crippen LogP contribution in [0, 0.1) is 13.8 Å². The van der Waals surface area contributed by atoms with Crippen molar-refractivity contribution in [2.75, 3.05) is 18.0 Å². The van der Waals surface area contributed by atoms with Crippen molar-refractivity contribution in [2.24, 2.45) is 0 Å². The summed E-state index contributed by atoms with van der Waals surface area (Å²) in [4.78, 5) is 11.1. The summed E-state index contributed by atoms with van der Waals surface area (Å²) >= 11 is 6.02. The Morgan fingerprint density at radius 1 is 1.20 bits per heavy atom. The second-order valence-corrected chi connectivity index (χ2v) is 7.76. The van der Waals surface area contributed by atoms with Crippen molar-refractivity contribution in [1.29, 1.82) is 0 Å². The van der Waals surface area contributed by atoms with Gasteiger partial charge in [0.15, 0.2) is 0 Å². The number of nitrogens with zero attached hydrogens (tertiary/aromatic N) is 1. The third-order valence-electron chi connectivity index (χ3n) is 3.61. The summed E-state index contributed by atoms with van der Waals surface area (Å²) in [6.45, 7) is 2.90. The highest BCUT2D eigenvalue weighted by atomic mass is 35.5. The smallest absolute Gasteiger partial charge is 0.324 e. The fraction of sp³-hybridized carbons (Fsp3) is 0.235. The molecule has 2 aromatic carbocycles. The van der Waals surface area contributed by atoms with Crippen LogP contribution < -0.4 is 9.04 Å². The van der Waals surface area contributed by atoms with Gasteiger partial charge in [-0.3, -0.25) is 9.10 Å². The van der Waals surface area contributed by atoms with Crippen molar-refractivity contribution in [3.8, 4) is 5.75 Å². The third kappa shape index (κ3) is 4.05. The van der Waals surface area contributed by atoms with Crippen LogP contribution in [0.4, 0.5) is 5.69 Å². The molecule has 0 unspecified atom stereocenters. The van der Waals surface area contributed by atoms with Crippen LogP contribution in [0.1, 0.15) is 11.1 Å². The quantitative estimate of drug-likeness (QED) is 0.827. The number of carboxylic acid groups (broad SMARTS) is 1. The molecule has 0 aliphatic rings. The Morgan fingerprint density at radius 2 is 1.88 bits per heavy atom. The number of anilines is 1. The predicted molar refractivity (Wildman–Crippen MR) is 96.1 cm³/mol. The molecule has 0 atom stereocenters. The summed E-state index contributed by atoms with van der Waals surface area (Å²) in [7, 11) is -2.70. The van der Waals surface area contributed by atoms with E-state index >= 15 is 0 Å². The number of carbonyl (C=O) groups is 1. The number of carboxylic acids is 1. The fourth-order valence-corrected chi connectivity index (χ4v) is 4.27. The Balaban J connectivity index is 2.60. The molecule has 0 aliphatic carbocycles. The zero-order chi connectivity index (χ0) is 18.8. The van der Waals surface area contributed by atoms with Gasteiger partial charge < -0.3 is 9.84 Å². The lowest BCUT2D eigenvalue weighted by atomic mass is 10.1. The van der Waals surface area contributed by atoms with Crippen LogP contribution in [0.25, 0.3) is 0 Å². The Bertz CT molecular complexity index is 911. The molecule has 8 heteroatoms. The lowest BCUT2D eigenvalue weighted by Gasteiger charge is -2.25. The monoisotopic (exact) mass is 383 g/mol. The molecule has 6 nitrogen and oxygen atoms in total. The first-order valence-electron chi connectivity index (χ1n) is 7.32. The summed E-state index contributed by atoms with van der Waals surface area (Å²) in [6.07, 6.45) is 0. The zero-order valence-electron chi connectivity index (χ0n) is 14.0. The highest BCUT2D eigenvalue weighted by Gasteiger charge is 2.28. The van der Waals surface area contributed by atoms with Gasteiger partial charge in [-0.2, -0.15) is 0 Å². The summed E-state index contributed by atoms with van der Waals surface area (Å²) in [5, 5.41) is 9.31. The maximum Gasteiger partial charge on any atom is 0.324 e. The van der Waals surface area contributed by atoms with Gasteiger partial charge >= 0.3 is 5.97 Å². The van der Waals surface area contributed by atoms with Crippen molar-refractivity contribution in [3.63, 3.8) is 0 Å². The number of hydrogen-bond donors (Lipinski definition) is 1. The van der Waals surface area contributed by atoms with Crippen molar-refractivity contribution in [2.45, 2.75) is 18.7 Å². The van der Waals surface area contributed by atoms with Gasteiger partial charge in [-0.15, -0.1) is 0 Å². The van der Waals surface area contributed by atoms with Gasteiger partial charge in [-0.25, -0.2) is 8.42 Å². The van der Waals surface area contributed by atoms with Gasteiger partial charge in [0, 0.05) is 0 Å². The Hall–Kier alpha value is -2.25. The maximum atomic E-state index is 13.0. The van der Waals surface area contributed by atoms with E-state index in [0.29, 0.717) is 17.0 Å². The van der Waals surface area contributed by atoms with Gasteiger partial charge in [-0.05, 0) is 43.7 Å². The molecule has 0 fully saturated rings. The number of sulfonamides is 1. The van der Waals surface area contributed by atoms with Crippen LogP contribution in [-0.4, -0.2) is 33.1 Å². The number of methoxy groups -OCH3 is 1. The molecule has 0 spiro atoms. The third-order valence-corrected chi connectivity index (χ3v) is 5.66. The van der Waals surface area contributed by atoms with E-state index in [1.807, 2.05) is 6.92 Å². The number of rotatable bonds is 6. The molecule has 2 aromatic rings. The molecule has 0 amide bonds. The second kappa shape index (κ2) is 7.33. The highest BCUT2D eigenvalue weighted by molar-refractivity contribution is 7.92. The molecule has 0 aromatic heterocycles. The standard InChI is InChI=1S/C17H18ClNO5S/c1-11-4-6-15(12(2)8-11)19(10-17(20)21)25(22,23)13-5-7-16(24-3)14(18)9-13/h4-9H,10H2,1-3H3,(H,20,21). The number of halogens is 1. The van der Waals surface area contributed by atoms with Gasteiger partial charge in [0.05, 0.1) is 22.7 Å². The minimum Gasteiger partial charge on any atom is -0.495 e. The molecular formula is C17H18ClNO5S. The lowest BCUT2D eigenvalue weighted by molar-refractivity contribution is -0.135. The van der Waals surface area contributed by atoms with Crippen LogP contribution in [0.5, 0.6) is 5.75 Å². The minimum atomic E-state index is -4.12. The first-order valence-corrected chi connectivity index (χ1v) is 9.14. The fourth-order valence-electron chi connectivity index (χ4n) is 2.44. The topological polar surface area (TPSA) is 83.9 Å². The Morgan fingerprint density at radius 3 is 2.40 bits per heavy atom. The van der Waals surface area contributed by atoms with E-state index in [9.17, 15) is 18.3 Å². The predicted octanol–water partition coefficient (Wildman–Crippen LogP) is 3.25. The van der Waals surface area contributed by atoms with E-state index in [1.54, 1.807) is 25.1 Å². The van der Waals surface area contributed by atoms with E-state index in [4.69, 9.17) is 16.3 Å². The van der Waals surface area contributed by atoms with Crippen LogP contribution in [0.3, 0.4) is 0 Å². The van der Waals surface area contributed by atoms with E-state index < -0.39 is 22.5 Å². The van der Waals surface area contributed by atoms with Crippen molar-refractivity contribution >= 4 is 33.3 Å². The highest BCUT2D eigenvalue weighted by Crippen LogP contribution is 2.31. The minimum absolute atomic E-state index is 0.112. The van der Waals surface area contributed by atoms with Crippen LogP contribution in [0.2, 0.25) is 5.02 Å². The molecule has 0 saturated heterocycles. The second-order valence-electron chi connectivity index (χ2n) is 5.49. The summed E-state index contributed by atoms with van der Waals surface area (Å²) in [6, 6.07) is 9.12. The SMILES string of the molecule is COc1ccc(S(=O)(=O)N(CC(=O)O)c2ccc(C)cc2C)cc1Cl. The molecular weight excluding hydrogens is 366 g/mol. The number of hydrogen-bond acceptors (Lipinski definition) is 4. The van der Waals surface area contributed by atoms with E-state index in [0.717, 1.165) is 9.87 Å². The van der Waals surface area contributed by atoms with Gasteiger partial charge in [-0.1, -0.05) is 29.3 Å². The normalized spacial score (nSPS) is 11.2. The van der Waals surface area contributed by atoms with Gasteiger partial charge in [0.1, 0.15) is 12.3 Å². The largest absolute Gasteiger partial charge is 0.495 e. The summed E-state index contributed by atoms with van der Waals surface area (Å²) < 4.78 is 31.9. The lowest BCUT2D eigenvalue weighted by Crippen LogP contribution is -2.36. The molecule has 0 aliphatic heterocycles. The maximum absolute atomic E-state index is 13.0. The molecule has 0 bridgehead atoms. The molecule has 0 radical (unpaired) electrons. The molecule has 1 N–H and O–H groups in total. The average molecular weight is 384 g/mol. The van der Waals surface area contributed by atoms with Crippen LogP contribution in [-0.2, 0) is 14.8 Å². The van der Waals surface area contributed by atoms with E-state index in [-0.39, 0.29) is 9.92 Å². The van der Waals surface area contributed by atoms with E-state index in [1.165, 1.54) is 25.3 Å². The van der Waals surface area contributed by atoms with Crippen LogP contribution >= 0.6 is 11.6 Å². The number of aryl methyl sites for hydroxylation is 2. The van der Waals surface area contributed by atoms with Gasteiger partial charge in [0.2, 0.25) is 0 Å². The van der Waals surface area contributed by atoms with Crippen molar-refractivity contribution < 1.29 is 23.1 Å². The first-order chi connectivity index (χ1) is 11.7. The number of aliphatic carboxylic acids is 1. The molecule has 0 saturated carbocycles. The first kappa shape index (κ1) is 19.1. The zero-order valence-corrected chi connectivity index (χ0v) is 15.6. The Kier molecular flexibility index (Phi) is 5.59. The average Bonchev–Trinajstić information content (AvgIpc) is 2.52. The molecule has 134 valence electrons. The van der Waals surface area contributed by atoms with Crippen molar-refractivity contribution in [3.05, 3.63) is 52.5 Å². The summed E-state index contributed by atoms with van der Waals surface area (Å²) in [5.41, 5.74) is 1.91. The molecule has 25 heavy (non-hydrogen) atoms.